The molecule has 0 bridgehead atoms. The quantitative estimate of drug-likeness (QED) is 0.137. The van der Waals surface area contributed by atoms with Gasteiger partial charge in [0.25, 0.3) is 0 Å². The van der Waals surface area contributed by atoms with Crippen molar-refractivity contribution in [3.63, 3.8) is 0 Å². The van der Waals surface area contributed by atoms with E-state index in [1.165, 1.54) is 6.20 Å². The van der Waals surface area contributed by atoms with Crippen molar-refractivity contribution >= 4 is 35.8 Å². The summed E-state index contributed by atoms with van der Waals surface area (Å²) in [5.41, 5.74) is -0.646. The van der Waals surface area contributed by atoms with Gasteiger partial charge in [-0.1, -0.05) is 0 Å². The summed E-state index contributed by atoms with van der Waals surface area (Å²) in [5, 5.41) is -0.0150. The van der Waals surface area contributed by atoms with Gasteiger partial charge in [0.05, 0.1) is 0 Å². The Morgan fingerprint density at radius 1 is 1.02 bits per heavy atom. The third-order valence-electron chi connectivity index (χ3n) is 8.64. The van der Waals surface area contributed by atoms with Crippen LogP contribution < -0.4 is 13.2 Å². The monoisotopic (exact) mass is 706 g/mol. The fourth-order valence-corrected chi connectivity index (χ4v) is 11.5. The van der Waals surface area contributed by atoms with Gasteiger partial charge < -0.3 is 0 Å². The van der Waals surface area contributed by atoms with Crippen LogP contribution in [0.3, 0.4) is 0 Å². The van der Waals surface area contributed by atoms with Crippen LogP contribution in [0.15, 0.2) is 6.20 Å². The maximum absolute atomic E-state index is 16.3. The van der Waals surface area contributed by atoms with Crippen LogP contribution in [0.2, 0.25) is 3.43 Å². The van der Waals surface area contributed by atoms with Crippen molar-refractivity contribution in [1.82, 2.24) is 19.9 Å². The summed E-state index contributed by atoms with van der Waals surface area (Å²) in [6, 6.07) is -0.265. The molecule has 2 fully saturated rings. The van der Waals surface area contributed by atoms with E-state index >= 15 is 4.39 Å². The summed E-state index contributed by atoms with van der Waals surface area (Å²) in [4.78, 5) is 15.0. The molecular weight excluding hydrogens is 662 g/mol. The molecule has 12 heteroatoms. The molecule has 2 aromatic rings. The Morgan fingerprint density at radius 3 is 2.31 bits per heavy atom. The third-order valence-corrected chi connectivity index (χ3v) is 14.0. The molecule has 2 aromatic heterocycles. The van der Waals surface area contributed by atoms with Gasteiger partial charge >= 0.3 is 256 Å². The second-order valence-electron chi connectivity index (χ2n) is 12.0. The molecule has 4 rings (SSSR count). The molecule has 234 valence electrons. The maximum atomic E-state index is 16.3. The topological polar surface area (TPSA) is 60.4 Å². The van der Waals surface area contributed by atoms with Gasteiger partial charge in [-0.25, -0.2) is 0 Å². The molecule has 6 nitrogen and oxygen atoms in total. The van der Waals surface area contributed by atoms with Crippen LogP contribution in [0.4, 0.5) is 22.0 Å². The number of ether oxygens (including phenoxy) is 2. The number of unbranched alkanes of at least 4 members (excludes halogenated alkanes) is 3. The predicted molar refractivity (Wildman–Crippen MR) is 154 cm³/mol. The minimum absolute atomic E-state index is 0.0150. The first-order valence-electron chi connectivity index (χ1n) is 15.4. The molecule has 0 spiro atoms. The van der Waals surface area contributed by atoms with Gasteiger partial charge in [0.2, 0.25) is 0 Å². The van der Waals surface area contributed by atoms with E-state index in [-0.39, 0.29) is 27.0 Å². The molecule has 42 heavy (non-hydrogen) atoms. The van der Waals surface area contributed by atoms with Gasteiger partial charge in [-0.05, 0) is 0 Å². The van der Waals surface area contributed by atoms with E-state index in [9.17, 15) is 17.6 Å². The molecule has 0 saturated carbocycles. The van der Waals surface area contributed by atoms with Crippen LogP contribution in [0.1, 0.15) is 97.8 Å². The minimum atomic E-state index is -4.61. The molecule has 0 aromatic carbocycles. The van der Waals surface area contributed by atoms with Crippen molar-refractivity contribution < 1.29 is 31.4 Å². The number of alkyl halides is 4. The van der Waals surface area contributed by atoms with E-state index in [1.807, 2.05) is 0 Å². The van der Waals surface area contributed by atoms with Gasteiger partial charge in [-0.15, -0.1) is 0 Å². The number of nitrogens with zero attached hydrogens (tertiary/aromatic N) is 4. The van der Waals surface area contributed by atoms with E-state index < -0.39 is 57.3 Å². The van der Waals surface area contributed by atoms with Crippen molar-refractivity contribution in [3.05, 3.63) is 12.0 Å². The second-order valence-corrected chi connectivity index (χ2v) is 17.1. The van der Waals surface area contributed by atoms with Gasteiger partial charge in [-0.2, -0.15) is 0 Å². The van der Waals surface area contributed by atoms with Crippen LogP contribution in [0, 0.1) is 5.82 Å². The fraction of sp³-hybridized carbons (Fsp3) is 0.767. The molecule has 2 aliphatic heterocycles. The molecule has 0 amide bonds. The Bertz CT molecular complexity index is 1160. The van der Waals surface area contributed by atoms with Gasteiger partial charge in [0.1, 0.15) is 0 Å². The standard InChI is InChI=1S/C17H16F5N4O2.C13H27.Sn/c18-10-4-16(2-1-3-26(16)7-10)8-28-15-24-13-11(5-23-6-12(13)19)14(25-15)27-9-17(20,21)22;1-4-7-10-13(11-8-5-2)12-9-6-3;/h5,10H,1-4,7-9H2;4-12H2,1-3H3;/t10-,16+;;/m1../s1. The number of fused-ring (bicyclic) bond motifs is 2. The van der Waals surface area contributed by atoms with Gasteiger partial charge in [-0.3, -0.25) is 0 Å². The van der Waals surface area contributed by atoms with E-state index in [2.05, 4.69) is 40.6 Å². The van der Waals surface area contributed by atoms with E-state index in [0.717, 1.165) is 77.2 Å². The predicted octanol–water partition coefficient (Wildman–Crippen LogP) is 7.12. The first kappa shape index (κ1) is 33.4. The number of rotatable bonds is 16. The van der Waals surface area contributed by atoms with Gasteiger partial charge in [0, 0.05) is 0 Å². The fourth-order valence-electron chi connectivity index (χ4n) is 6.43. The van der Waals surface area contributed by atoms with Crippen LogP contribution in [0.5, 0.6) is 11.9 Å². The second kappa shape index (κ2) is 14.5. The summed E-state index contributed by atoms with van der Waals surface area (Å²) >= 11 is -1.61. The van der Waals surface area contributed by atoms with Crippen LogP contribution in [0.25, 0.3) is 10.9 Å². The number of hydrogen-bond acceptors (Lipinski definition) is 6. The summed E-state index contributed by atoms with van der Waals surface area (Å²) in [6.07, 6.45) is 7.19. The van der Waals surface area contributed by atoms with Gasteiger partial charge in [0.15, 0.2) is 0 Å². The number of aromatic nitrogens is 3. The Hall–Kier alpha value is -1.50. The van der Waals surface area contributed by atoms with Crippen molar-refractivity contribution in [1.29, 1.82) is 0 Å². The number of halogens is 5. The average molecular weight is 705 g/mol. The molecule has 0 unspecified atom stereocenters. The molecule has 4 heterocycles. The Kier molecular flexibility index (Phi) is 11.5. The zero-order chi connectivity index (χ0) is 30.4. The molecule has 0 aliphatic carbocycles. The van der Waals surface area contributed by atoms with Crippen molar-refractivity contribution in [2.75, 3.05) is 26.3 Å². The van der Waals surface area contributed by atoms with Crippen LogP contribution in [-0.2, 0) is 0 Å². The Balaban J connectivity index is 1.70. The normalized spacial score (nSPS) is 21.3. The molecule has 2 atom stereocenters. The van der Waals surface area contributed by atoms with E-state index in [4.69, 9.17) is 9.47 Å². The van der Waals surface area contributed by atoms with Crippen LogP contribution >= 0.6 is 0 Å². The number of hydrogen-bond donors (Lipinski definition) is 0. The van der Waals surface area contributed by atoms with E-state index in [0.29, 0.717) is 16.7 Å². The molecule has 0 N–H and O–H groups in total. The first-order chi connectivity index (χ1) is 20.0. The Morgan fingerprint density at radius 2 is 1.69 bits per heavy atom. The van der Waals surface area contributed by atoms with Crippen molar-refractivity contribution in [3.8, 4) is 11.9 Å². The SMILES string of the molecule is CCCC[C](CCCC)(CCCC)[Sn][c]1ncc2c(OCC(F)(F)F)nc(OC[C@@]34CCCN3C[C@H](F)C4)nc2c1F. The third kappa shape index (κ3) is 8.15. The number of pyridine rings is 1. The van der Waals surface area contributed by atoms with Crippen molar-refractivity contribution in [2.24, 2.45) is 0 Å². The Labute approximate surface area is 255 Å². The molecule has 2 saturated heterocycles. The zero-order valence-electron chi connectivity index (χ0n) is 25.0. The van der Waals surface area contributed by atoms with Crippen molar-refractivity contribution in [2.45, 2.75) is 119 Å². The zero-order valence-corrected chi connectivity index (χ0v) is 27.8. The summed E-state index contributed by atoms with van der Waals surface area (Å²) < 4.78 is 81.2. The molecular formula is C30H43F5N4O2Sn. The van der Waals surface area contributed by atoms with E-state index in [1.54, 1.807) is 0 Å². The van der Waals surface area contributed by atoms with Crippen LogP contribution in [-0.4, -0.2) is 85.2 Å². The molecule has 2 radical (unpaired) electrons. The summed E-state index contributed by atoms with van der Waals surface area (Å²) in [6.45, 7) is 6.05. The summed E-state index contributed by atoms with van der Waals surface area (Å²) in [5.74, 6) is -1.03. The average Bonchev–Trinajstić information content (AvgIpc) is 3.48. The molecule has 2 aliphatic rings. The summed E-state index contributed by atoms with van der Waals surface area (Å²) in [7, 11) is 0. The first-order valence-corrected chi connectivity index (χ1v) is 18.2.